The van der Waals surface area contributed by atoms with Crippen molar-refractivity contribution in [3.05, 3.63) is 76.1 Å². The standard InChI is InChI=1S/C22H23N3O3/c1-28-18-6-4-5-16(13-18)22(27)25-11-9-24(10-12-25)15-17-14-21(26)19-7-2-3-8-20(19)23-17/h2-8,13-14H,9-12,15H2,1H3,(H,23,26). The molecule has 0 saturated carbocycles. The van der Waals surface area contributed by atoms with Crippen LogP contribution in [0.2, 0.25) is 0 Å². The molecule has 0 radical (unpaired) electrons. The van der Waals surface area contributed by atoms with Gasteiger partial charge in [-0.2, -0.15) is 0 Å². The van der Waals surface area contributed by atoms with Gasteiger partial charge in [0.05, 0.1) is 7.11 Å². The SMILES string of the molecule is COc1cccc(C(=O)N2CCN(Cc3cc(=O)c4ccccc4[nH]3)CC2)c1. The number of para-hydroxylation sites is 1. The minimum atomic E-state index is 0.0256. The molecule has 1 amide bonds. The molecule has 0 unspecified atom stereocenters. The van der Waals surface area contributed by atoms with E-state index >= 15 is 0 Å². The first-order chi connectivity index (χ1) is 13.6. The lowest BCUT2D eigenvalue weighted by Crippen LogP contribution is -2.48. The lowest BCUT2D eigenvalue weighted by atomic mass is 10.1. The van der Waals surface area contributed by atoms with Gasteiger partial charge < -0.3 is 14.6 Å². The van der Waals surface area contributed by atoms with Crippen LogP contribution in [0.1, 0.15) is 16.1 Å². The highest BCUT2D eigenvalue weighted by Gasteiger charge is 2.22. The summed E-state index contributed by atoms with van der Waals surface area (Å²) in [4.78, 5) is 32.5. The Morgan fingerprint density at radius 1 is 1.04 bits per heavy atom. The number of nitrogens with one attached hydrogen (secondary N) is 1. The number of aromatic nitrogens is 1. The van der Waals surface area contributed by atoms with Gasteiger partial charge in [0.25, 0.3) is 5.91 Å². The van der Waals surface area contributed by atoms with Crippen LogP contribution in [0.4, 0.5) is 0 Å². The third-order valence-corrected chi connectivity index (χ3v) is 5.16. The number of pyridine rings is 1. The van der Waals surface area contributed by atoms with Crippen LogP contribution in [-0.2, 0) is 6.54 Å². The van der Waals surface area contributed by atoms with Gasteiger partial charge in [-0.25, -0.2) is 0 Å². The largest absolute Gasteiger partial charge is 0.497 e. The number of carbonyl (C=O) groups is 1. The Hall–Kier alpha value is -3.12. The van der Waals surface area contributed by atoms with Crippen LogP contribution in [0.5, 0.6) is 5.75 Å². The molecule has 4 rings (SSSR count). The van der Waals surface area contributed by atoms with Gasteiger partial charge in [0, 0.05) is 61.0 Å². The molecule has 0 bridgehead atoms. The molecule has 3 aromatic rings. The number of carbonyl (C=O) groups excluding carboxylic acids is 1. The molecular weight excluding hydrogens is 354 g/mol. The third kappa shape index (κ3) is 3.77. The monoisotopic (exact) mass is 377 g/mol. The Morgan fingerprint density at radius 2 is 1.82 bits per heavy atom. The molecule has 2 aromatic carbocycles. The summed E-state index contributed by atoms with van der Waals surface area (Å²) in [7, 11) is 1.60. The minimum Gasteiger partial charge on any atom is -0.497 e. The van der Waals surface area contributed by atoms with Crippen LogP contribution in [0.25, 0.3) is 10.9 Å². The van der Waals surface area contributed by atoms with E-state index in [1.807, 2.05) is 47.4 Å². The highest BCUT2D eigenvalue weighted by molar-refractivity contribution is 5.94. The second-order valence-electron chi connectivity index (χ2n) is 7.00. The van der Waals surface area contributed by atoms with Crippen LogP contribution in [0, 0.1) is 0 Å². The van der Waals surface area contributed by atoms with Crippen molar-refractivity contribution in [1.29, 1.82) is 0 Å². The van der Waals surface area contributed by atoms with Gasteiger partial charge in [0.2, 0.25) is 0 Å². The average Bonchev–Trinajstić information content (AvgIpc) is 2.74. The molecule has 6 heteroatoms. The third-order valence-electron chi connectivity index (χ3n) is 5.16. The van der Waals surface area contributed by atoms with Gasteiger partial charge in [0.1, 0.15) is 5.75 Å². The molecular formula is C22H23N3O3. The molecule has 1 aromatic heterocycles. The maximum atomic E-state index is 12.7. The van der Waals surface area contributed by atoms with E-state index in [0.29, 0.717) is 36.3 Å². The van der Waals surface area contributed by atoms with Crippen molar-refractivity contribution >= 4 is 16.8 Å². The molecule has 144 valence electrons. The van der Waals surface area contributed by atoms with Crippen molar-refractivity contribution < 1.29 is 9.53 Å². The number of piperazine rings is 1. The first kappa shape index (κ1) is 18.3. The fourth-order valence-corrected chi connectivity index (χ4v) is 3.63. The van der Waals surface area contributed by atoms with Gasteiger partial charge in [-0.1, -0.05) is 18.2 Å². The fraction of sp³-hybridized carbons (Fsp3) is 0.273. The molecule has 0 spiro atoms. The molecule has 0 aliphatic carbocycles. The predicted molar refractivity (Wildman–Crippen MR) is 109 cm³/mol. The highest BCUT2D eigenvalue weighted by Crippen LogP contribution is 2.16. The number of hydrogen-bond donors (Lipinski definition) is 1. The molecule has 1 aliphatic heterocycles. The number of methoxy groups -OCH3 is 1. The first-order valence-electron chi connectivity index (χ1n) is 9.40. The van der Waals surface area contributed by atoms with Gasteiger partial charge in [-0.15, -0.1) is 0 Å². The number of aromatic amines is 1. The number of amides is 1. The highest BCUT2D eigenvalue weighted by atomic mass is 16.5. The van der Waals surface area contributed by atoms with E-state index < -0.39 is 0 Å². The van der Waals surface area contributed by atoms with Crippen molar-refractivity contribution in [2.24, 2.45) is 0 Å². The van der Waals surface area contributed by atoms with Crippen LogP contribution in [0.3, 0.4) is 0 Å². The normalized spacial score (nSPS) is 15.0. The van der Waals surface area contributed by atoms with Crippen molar-refractivity contribution in [2.45, 2.75) is 6.54 Å². The predicted octanol–water partition coefficient (Wildman–Crippen LogP) is 2.49. The molecule has 1 saturated heterocycles. The van der Waals surface area contributed by atoms with E-state index in [1.165, 1.54) is 0 Å². The van der Waals surface area contributed by atoms with E-state index in [1.54, 1.807) is 19.2 Å². The number of hydrogen-bond acceptors (Lipinski definition) is 4. The second-order valence-corrected chi connectivity index (χ2v) is 7.00. The maximum Gasteiger partial charge on any atom is 0.254 e. The number of ether oxygens (including phenoxy) is 1. The summed E-state index contributed by atoms with van der Waals surface area (Å²) in [5, 5.41) is 0.708. The van der Waals surface area contributed by atoms with Crippen LogP contribution in [-0.4, -0.2) is 54.0 Å². The zero-order valence-electron chi connectivity index (χ0n) is 15.9. The van der Waals surface area contributed by atoms with Gasteiger partial charge in [-0.3, -0.25) is 14.5 Å². The Kier molecular flexibility index (Phi) is 5.12. The summed E-state index contributed by atoms with van der Waals surface area (Å²) in [6.07, 6.45) is 0. The zero-order valence-corrected chi connectivity index (χ0v) is 15.9. The van der Waals surface area contributed by atoms with Crippen molar-refractivity contribution in [3.8, 4) is 5.75 Å². The summed E-state index contributed by atoms with van der Waals surface area (Å²) in [6.45, 7) is 3.53. The number of H-pyrrole nitrogens is 1. The zero-order chi connectivity index (χ0) is 19.5. The fourth-order valence-electron chi connectivity index (χ4n) is 3.63. The summed E-state index contributed by atoms with van der Waals surface area (Å²) in [5.41, 5.74) is 2.44. The maximum absolute atomic E-state index is 12.7. The second kappa shape index (κ2) is 7.86. The topological polar surface area (TPSA) is 65.6 Å². The van der Waals surface area contributed by atoms with Crippen LogP contribution < -0.4 is 10.2 Å². The molecule has 1 N–H and O–H groups in total. The minimum absolute atomic E-state index is 0.0256. The molecule has 6 nitrogen and oxygen atoms in total. The Bertz CT molecular complexity index is 1050. The summed E-state index contributed by atoms with van der Waals surface area (Å²) < 4.78 is 5.21. The van der Waals surface area contributed by atoms with E-state index in [0.717, 1.165) is 24.3 Å². The van der Waals surface area contributed by atoms with Crippen LogP contribution in [0.15, 0.2) is 59.4 Å². The number of benzene rings is 2. The van der Waals surface area contributed by atoms with Gasteiger partial charge >= 0.3 is 0 Å². The van der Waals surface area contributed by atoms with E-state index in [-0.39, 0.29) is 11.3 Å². The van der Waals surface area contributed by atoms with Crippen molar-refractivity contribution in [3.63, 3.8) is 0 Å². The Labute approximate surface area is 163 Å². The molecule has 0 atom stereocenters. The average molecular weight is 377 g/mol. The molecule has 1 fully saturated rings. The number of rotatable bonds is 4. The number of nitrogens with zero attached hydrogens (tertiary/aromatic N) is 2. The summed E-state index contributed by atoms with van der Waals surface area (Å²) in [6, 6.07) is 16.5. The molecule has 2 heterocycles. The lowest BCUT2D eigenvalue weighted by molar-refractivity contribution is 0.0627. The molecule has 1 aliphatic rings. The quantitative estimate of drug-likeness (QED) is 0.759. The first-order valence-corrected chi connectivity index (χ1v) is 9.40. The smallest absolute Gasteiger partial charge is 0.254 e. The van der Waals surface area contributed by atoms with E-state index in [4.69, 9.17) is 4.74 Å². The molecule has 28 heavy (non-hydrogen) atoms. The lowest BCUT2D eigenvalue weighted by Gasteiger charge is -2.34. The van der Waals surface area contributed by atoms with E-state index in [2.05, 4.69) is 9.88 Å². The number of fused-ring (bicyclic) bond motifs is 1. The summed E-state index contributed by atoms with van der Waals surface area (Å²) >= 11 is 0. The Morgan fingerprint density at radius 3 is 2.61 bits per heavy atom. The van der Waals surface area contributed by atoms with Gasteiger partial charge in [0.15, 0.2) is 5.43 Å². The van der Waals surface area contributed by atoms with Crippen LogP contribution >= 0.6 is 0 Å². The van der Waals surface area contributed by atoms with Crippen molar-refractivity contribution in [2.75, 3.05) is 33.3 Å². The van der Waals surface area contributed by atoms with Crippen molar-refractivity contribution in [1.82, 2.24) is 14.8 Å². The Balaban J connectivity index is 1.40. The van der Waals surface area contributed by atoms with E-state index in [9.17, 15) is 9.59 Å². The van der Waals surface area contributed by atoms with Gasteiger partial charge in [-0.05, 0) is 30.3 Å². The summed E-state index contributed by atoms with van der Waals surface area (Å²) in [5.74, 6) is 0.711.